The quantitative estimate of drug-likeness (QED) is 0.858. The first-order chi connectivity index (χ1) is 7.86. The van der Waals surface area contributed by atoms with E-state index in [1.165, 1.54) is 10.5 Å². The summed E-state index contributed by atoms with van der Waals surface area (Å²) in [6, 6.07) is 8.37. The molecule has 1 unspecified atom stereocenters. The maximum Gasteiger partial charge on any atom is 0.240 e. The Bertz CT molecular complexity index is 486. The van der Waals surface area contributed by atoms with Gasteiger partial charge >= 0.3 is 0 Å². The molecule has 5 heteroatoms. The summed E-state index contributed by atoms with van der Waals surface area (Å²) in [4.78, 5) is 5.58. The molecule has 0 fully saturated rings. The molecule has 0 saturated carbocycles. The molecule has 82 valence electrons. The van der Waals surface area contributed by atoms with Crippen LogP contribution >= 0.6 is 11.8 Å². The zero-order valence-electron chi connectivity index (χ0n) is 8.59. The van der Waals surface area contributed by atoms with Gasteiger partial charge in [0, 0.05) is 4.90 Å². The van der Waals surface area contributed by atoms with E-state index in [1.54, 1.807) is 11.8 Å². The van der Waals surface area contributed by atoms with Crippen LogP contribution in [-0.4, -0.2) is 10.1 Å². The molecule has 16 heavy (non-hydrogen) atoms. The maximum atomic E-state index is 5.45. The average Bonchev–Trinajstić information content (AvgIpc) is 2.95. The highest BCUT2D eigenvalue weighted by molar-refractivity contribution is 7.99. The van der Waals surface area contributed by atoms with Gasteiger partial charge in [0.15, 0.2) is 5.82 Å². The van der Waals surface area contributed by atoms with Crippen molar-refractivity contribution >= 4 is 11.8 Å². The fourth-order valence-corrected chi connectivity index (χ4v) is 3.03. The van der Waals surface area contributed by atoms with Crippen LogP contribution in [0.4, 0.5) is 0 Å². The van der Waals surface area contributed by atoms with Gasteiger partial charge in [0.2, 0.25) is 5.89 Å². The molecular formula is C11H11N3OS. The van der Waals surface area contributed by atoms with E-state index in [-0.39, 0.29) is 5.25 Å². The number of rotatable bonds is 2. The van der Waals surface area contributed by atoms with Gasteiger partial charge in [0.05, 0.1) is 11.8 Å². The zero-order valence-corrected chi connectivity index (χ0v) is 9.41. The Balaban J connectivity index is 1.85. The molecule has 2 aromatic rings. The van der Waals surface area contributed by atoms with Gasteiger partial charge in [-0.3, -0.25) is 0 Å². The molecule has 4 nitrogen and oxygen atoms in total. The van der Waals surface area contributed by atoms with E-state index in [0.29, 0.717) is 18.3 Å². The Morgan fingerprint density at radius 2 is 2.31 bits per heavy atom. The second-order valence-electron chi connectivity index (χ2n) is 3.67. The predicted molar refractivity (Wildman–Crippen MR) is 60.9 cm³/mol. The van der Waals surface area contributed by atoms with E-state index in [2.05, 4.69) is 28.3 Å². The first-order valence-corrected chi connectivity index (χ1v) is 6.02. The van der Waals surface area contributed by atoms with Crippen molar-refractivity contribution in [2.45, 2.75) is 23.1 Å². The summed E-state index contributed by atoms with van der Waals surface area (Å²) in [6.45, 7) is 0.327. The summed E-state index contributed by atoms with van der Waals surface area (Å²) in [5.41, 5.74) is 6.81. The standard InChI is InChI=1S/C11H11N3OS/c12-6-10-13-11(15-14-10)9-5-7-3-1-2-4-8(7)16-9/h1-4,9H,5-6,12H2. The second-order valence-corrected chi connectivity index (χ2v) is 4.92. The molecule has 1 aliphatic rings. The number of benzene rings is 1. The van der Waals surface area contributed by atoms with Crippen molar-refractivity contribution in [2.75, 3.05) is 0 Å². The van der Waals surface area contributed by atoms with Crippen LogP contribution in [0.1, 0.15) is 22.5 Å². The van der Waals surface area contributed by atoms with Crippen molar-refractivity contribution in [1.82, 2.24) is 10.1 Å². The minimum Gasteiger partial charge on any atom is -0.338 e. The third-order valence-corrected chi connectivity index (χ3v) is 3.89. The van der Waals surface area contributed by atoms with Gasteiger partial charge in [0.25, 0.3) is 0 Å². The Morgan fingerprint density at radius 1 is 1.44 bits per heavy atom. The van der Waals surface area contributed by atoms with E-state index in [0.717, 1.165) is 6.42 Å². The SMILES string of the molecule is NCc1noc(C2Cc3ccccc3S2)n1. The van der Waals surface area contributed by atoms with Crippen LogP contribution in [-0.2, 0) is 13.0 Å². The molecule has 0 radical (unpaired) electrons. The lowest BCUT2D eigenvalue weighted by atomic mass is 10.1. The van der Waals surface area contributed by atoms with Gasteiger partial charge in [-0.25, -0.2) is 0 Å². The summed E-state index contributed by atoms with van der Waals surface area (Å²) in [5, 5.41) is 4.06. The number of thioether (sulfide) groups is 1. The van der Waals surface area contributed by atoms with Crippen LogP contribution in [0.25, 0.3) is 0 Å². The third-order valence-electron chi connectivity index (χ3n) is 2.59. The number of nitrogens with zero attached hydrogens (tertiary/aromatic N) is 2. The van der Waals surface area contributed by atoms with Gasteiger partial charge in [-0.2, -0.15) is 4.98 Å². The number of nitrogens with two attached hydrogens (primary N) is 1. The van der Waals surface area contributed by atoms with Crippen molar-refractivity contribution < 1.29 is 4.52 Å². The van der Waals surface area contributed by atoms with Crippen LogP contribution in [0.5, 0.6) is 0 Å². The van der Waals surface area contributed by atoms with Crippen molar-refractivity contribution in [2.24, 2.45) is 5.73 Å². The molecule has 1 aliphatic heterocycles. The van der Waals surface area contributed by atoms with Crippen molar-refractivity contribution in [1.29, 1.82) is 0 Å². The molecule has 0 spiro atoms. The van der Waals surface area contributed by atoms with Gasteiger partial charge in [0.1, 0.15) is 0 Å². The number of aromatic nitrogens is 2. The lowest BCUT2D eigenvalue weighted by Crippen LogP contribution is -1.99. The van der Waals surface area contributed by atoms with Crippen LogP contribution < -0.4 is 5.73 Å². The molecule has 0 saturated heterocycles. The normalized spacial score (nSPS) is 18.7. The Hall–Kier alpha value is -1.33. The molecule has 1 aromatic heterocycles. The summed E-state index contributed by atoms with van der Waals surface area (Å²) >= 11 is 1.78. The van der Waals surface area contributed by atoms with Crippen LogP contribution in [0.3, 0.4) is 0 Å². The Morgan fingerprint density at radius 3 is 3.06 bits per heavy atom. The van der Waals surface area contributed by atoms with E-state index < -0.39 is 0 Å². The molecular weight excluding hydrogens is 222 g/mol. The third kappa shape index (κ3) is 1.62. The van der Waals surface area contributed by atoms with Gasteiger partial charge in [-0.05, 0) is 18.1 Å². The van der Waals surface area contributed by atoms with Gasteiger partial charge in [-0.1, -0.05) is 23.4 Å². The molecule has 0 aliphatic carbocycles. The highest BCUT2D eigenvalue weighted by Gasteiger charge is 2.27. The summed E-state index contributed by atoms with van der Waals surface area (Å²) in [6.07, 6.45) is 0.951. The summed E-state index contributed by atoms with van der Waals surface area (Å²) in [5.74, 6) is 1.26. The topological polar surface area (TPSA) is 64.9 Å². The predicted octanol–water partition coefficient (Wildman–Crippen LogP) is 1.92. The molecule has 2 N–H and O–H groups in total. The lowest BCUT2D eigenvalue weighted by molar-refractivity contribution is 0.372. The van der Waals surface area contributed by atoms with Crippen LogP contribution in [0.2, 0.25) is 0 Å². The smallest absolute Gasteiger partial charge is 0.240 e. The largest absolute Gasteiger partial charge is 0.338 e. The van der Waals surface area contributed by atoms with Crippen LogP contribution in [0.15, 0.2) is 33.7 Å². The number of hydrogen-bond donors (Lipinski definition) is 1. The first kappa shape index (κ1) is 9.86. The van der Waals surface area contributed by atoms with Crippen molar-refractivity contribution in [3.05, 3.63) is 41.5 Å². The average molecular weight is 233 g/mol. The van der Waals surface area contributed by atoms with Gasteiger partial charge in [-0.15, -0.1) is 11.8 Å². The minimum atomic E-state index is 0.241. The fraction of sp³-hybridized carbons (Fsp3) is 0.273. The van der Waals surface area contributed by atoms with Crippen molar-refractivity contribution in [3.63, 3.8) is 0 Å². The summed E-state index contributed by atoms with van der Waals surface area (Å²) < 4.78 is 5.21. The molecule has 3 rings (SSSR count). The zero-order chi connectivity index (χ0) is 11.0. The minimum absolute atomic E-state index is 0.241. The first-order valence-electron chi connectivity index (χ1n) is 5.14. The fourth-order valence-electron chi connectivity index (χ4n) is 1.80. The van der Waals surface area contributed by atoms with Crippen LogP contribution in [0, 0.1) is 0 Å². The number of hydrogen-bond acceptors (Lipinski definition) is 5. The number of fused-ring (bicyclic) bond motifs is 1. The van der Waals surface area contributed by atoms with E-state index >= 15 is 0 Å². The van der Waals surface area contributed by atoms with Crippen molar-refractivity contribution in [3.8, 4) is 0 Å². The monoisotopic (exact) mass is 233 g/mol. The Kier molecular flexibility index (Phi) is 2.41. The molecule has 0 bridgehead atoms. The van der Waals surface area contributed by atoms with E-state index in [1.807, 2.05) is 6.07 Å². The highest BCUT2D eigenvalue weighted by Crippen LogP contribution is 2.45. The van der Waals surface area contributed by atoms with E-state index in [9.17, 15) is 0 Å². The summed E-state index contributed by atoms with van der Waals surface area (Å²) in [7, 11) is 0. The maximum absolute atomic E-state index is 5.45. The van der Waals surface area contributed by atoms with E-state index in [4.69, 9.17) is 10.3 Å². The molecule has 0 amide bonds. The lowest BCUT2D eigenvalue weighted by Gasteiger charge is -1.99. The van der Waals surface area contributed by atoms with Gasteiger partial charge < -0.3 is 10.3 Å². The molecule has 1 aromatic carbocycles. The Labute approximate surface area is 97.2 Å². The second kappa shape index (κ2) is 3.92. The molecule has 1 atom stereocenters. The highest BCUT2D eigenvalue weighted by atomic mass is 32.2. The molecule has 2 heterocycles.